The summed E-state index contributed by atoms with van der Waals surface area (Å²) in [7, 11) is 1.74. The average molecular weight is 208 g/mol. The lowest BCUT2D eigenvalue weighted by molar-refractivity contribution is 0.290. The zero-order valence-corrected chi connectivity index (χ0v) is 9.55. The first-order valence-corrected chi connectivity index (χ1v) is 5.72. The molecule has 2 N–H and O–H groups in total. The smallest absolute Gasteiger partial charge is 0.137 e. The molecule has 0 spiro atoms. The summed E-state index contributed by atoms with van der Waals surface area (Å²) in [4.78, 5) is 0. The molecule has 2 atom stereocenters. The van der Waals surface area contributed by atoms with Gasteiger partial charge in [-0.1, -0.05) is 6.08 Å². The van der Waals surface area contributed by atoms with Gasteiger partial charge in [0.05, 0.1) is 12.8 Å². The highest BCUT2D eigenvalue weighted by molar-refractivity contribution is 5.26. The largest absolute Gasteiger partial charge is 0.495 e. The summed E-state index contributed by atoms with van der Waals surface area (Å²) in [5, 5.41) is 6.88. The van der Waals surface area contributed by atoms with Gasteiger partial charge < -0.3 is 15.4 Å². The molecule has 2 rings (SSSR count). The van der Waals surface area contributed by atoms with E-state index in [2.05, 4.69) is 29.7 Å². The van der Waals surface area contributed by atoms with Crippen molar-refractivity contribution in [2.75, 3.05) is 20.2 Å². The Balaban J connectivity index is 2.02. The maximum Gasteiger partial charge on any atom is 0.137 e. The third-order valence-electron chi connectivity index (χ3n) is 3.11. The first kappa shape index (κ1) is 10.6. The van der Waals surface area contributed by atoms with Crippen LogP contribution in [0.3, 0.4) is 0 Å². The zero-order valence-electron chi connectivity index (χ0n) is 9.55. The molecule has 2 unspecified atom stereocenters. The Morgan fingerprint density at radius 2 is 2.40 bits per heavy atom. The van der Waals surface area contributed by atoms with Crippen LogP contribution < -0.4 is 10.6 Å². The van der Waals surface area contributed by atoms with Gasteiger partial charge in [0.15, 0.2) is 0 Å². The van der Waals surface area contributed by atoms with E-state index in [1.165, 1.54) is 12.1 Å². The number of hydrogen-bond acceptors (Lipinski definition) is 3. The molecule has 0 aliphatic carbocycles. The first-order valence-electron chi connectivity index (χ1n) is 5.72. The molecule has 0 aromatic carbocycles. The van der Waals surface area contributed by atoms with Gasteiger partial charge in [0.25, 0.3) is 0 Å². The molecule has 2 heterocycles. The van der Waals surface area contributed by atoms with Gasteiger partial charge in [-0.3, -0.25) is 0 Å². The molecule has 0 saturated carbocycles. The van der Waals surface area contributed by atoms with Gasteiger partial charge in [-0.15, -0.1) is 0 Å². The number of methoxy groups -OCH3 is 1. The highest BCUT2D eigenvalue weighted by atomic mass is 16.5. The topological polar surface area (TPSA) is 33.3 Å². The molecule has 2 aliphatic rings. The number of allylic oxidation sites excluding steroid dienone is 2. The lowest BCUT2D eigenvalue weighted by Crippen LogP contribution is -2.29. The Kier molecular flexibility index (Phi) is 3.31. The molecule has 0 aromatic heterocycles. The van der Waals surface area contributed by atoms with Gasteiger partial charge in [-0.05, 0) is 44.8 Å². The summed E-state index contributed by atoms with van der Waals surface area (Å²) < 4.78 is 5.37. The number of ether oxygens (including phenoxy) is 1. The number of dihydropyridines is 1. The normalized spacial score (nSPS) is 30.5. The predicted molar refractivity (Wildman–Crippen MR) is 61.4 cm³/mol. The predicted octanol–water partition coefficient (Wildman–Crippen LogP) is 1.39. The van der Waals surface area contributed by atoms with E-state index in [1.54, 1.807) is 7.11 Å². The van der Waals surface area contributed by atoms with Crippen molar-refractivity contribution < 1.29 is 4.74 Å². The fourth-order valence-electron chi connectivity index (χ4n) is 2.25. The van der Waals surface area contributed by atoms with E-state index in [4.69, 9.17) is 4.74 Å². The number of hydrogen-bond donors (Lipinski definition) is 2. The van der Waals surface area contributed by atoms with Gasteiger partial charge in [0.2, 0.25) is 0 Å². The van der Waals surface area contributed by atoms with Crippen molar-refractivity contribution in [3.63, 3.8) is 0 Å². The molecule has 3 heteroatoms. The number of nitrogens with one attached hydrogen (secondary N) is 2. The fourth-order valence-corrected chi connectivity index (χ4v) is 2.25. The first-order chi connectivity index (χ1) is 7.29. The second-order valence-corrected chi connectivity index (χ2v) is 4.40. The van der Waals surface area contributed by atoms with E-state index >= 15 is 0 Å². The van der Waals surface area contributed by atoms with Crippen LogP contribution >= 0.6 is 0 Å². The molecule has 1 fully saturated rings. The van der Waals surface area contributed by atoms with Crippen LogP contribution in [0.5, 0.6) is 0 Å². The Labute approximate surface area is 91.6 Å². The SMILES string of the molecule is COC1=C(CC2CCNC2)NC(C)C=C1. The average Bonchev–Trinajstić information content (AvgIpc) is 2.71. The molecule has 0 radical (unpaired) electrons. The van der Waals surface area contributed by atoms with Crippen LogP contribution in [0.1, 0.15) is 19.8 Å². The Morgan fingerprint density at radius 3 is 3.07 bits per heavy atom. The van der Waals surface area contributed by atoms with E-state index < -0.39 is 0 Å². The van der Waals surface area contributed by atoms with Crippen molar-refractivity contribution in [3.05, 3.63) is 23.6 Å². The summed E-state index contributed by atoms with van der Waals surface area (Å²) >= 11 is 0. The summed E-state index contributed by atoms with van der Waals surface area (Å²) in [6.07, 6.45) is 6.60. The third-order valence-corrected chi connectivity index (χ3v) is 3.11. The molecule has 0 amide bonds. The molecule has 1 saturated heterocycles. The molecule has 0 aromatic rings. The second-order valence-electron chi connectivity index (χ2n) is 4.40. The summed E-state index contributed by atoms with van der Waals surface area (Å²) in [6, 6.07) is 0.424. The lowest BCUT2D eigenvalue weighted by Gasteiger charge is -2.23. The van der Waals surface area contributed by atoms with Crippen LogP contribution in [-0.2, 0) is 4.74 Å². The summed E-state index contributed by atoms with van der Waals surface area (Å²) in [6.45, 7) is 4.46. The lowest BCUT2D eigenvalue weighted by atomic mass is 10.00. The minimum absolute atomic E-state index is 0.424. The van der Waals surface area contributed by atoms with Gasteiger partial charge in [-0.25, -0.2) is 0 Å². The molecule has 84 valence electrons. The maximum absolute atomic E-state index is 5.37. The third kappa shape index (κ3) is 2.53. The van der Waals surface area contributed by atoms with Crippen LogP contribution in [-0.4, -0.2) is 26.2 Å². The standard InChI is InChI=1S/C12H20N2O/c1-9-3-4-12(15-2)11(14-9)7-10-5-6-13-8-10/h3-4,9-10,13-14H,5-8H2,1-2H3. The quantitative estimate of drug-likeness (QED) is 0.735. The Morgan fingerprint density at radius 1 is 1.53 bits per heavy atom. The summed E-state index contributed by atoms with van der Waals surface area (Å²) in [5.74, 6) is 1.76. The van der Waals surface area contributed by atoms with Gasteiger partial charge in [0, 0.05) is 6.04 Å². The van der Waals surface area contributed by atoms with E-state index in [0.717, 1.165) is 31.2 Å². The van der Waals surface area contributed by atoms with E-state index in [9.17, 15) is 0 Å². The van der Waals surface area contributed by atoms with Crippen LogP contribution in [0, 0.1) is 5.92 Å². The van der Waals surface area contributed by atoms with Crippen LogP contribution in [0.25, 0.3) is 0 Å². The minimum atomic E-state index is 0.424. The van der Waals surface area contributed by atoms with Gasteiger partial charge >= 0.3 is 0 Å². The molecular weight excluding hydrogens is 188 g/mol. The molecular formula is C12H20N2O. The van der Waals surface area contributed by atoms with Crippen molar-refractivity contribution in [2.24, 2.45) is 5.92 Å². The van der Waals surface area contributed by atoms with Crippen molar-refractivity contribution in [3.8, 4) is 0 Å². The van der Waals surface area contributed by atoms with E-state index in [1.807, 2.05) is 0 Å². The van der Waals surface area contributed by atoms with Crippen molar-refractivity contribution in [1.29, 1.82) is 0 Å². The van der Waals surface area contributed by atoms with Crippen LogP contribution in [0.2, 0.25) is 0 Å². The molecule has 15 heavy (non-hydrogen) atoms. The van der Waals surface area contributed by atoms with Gasteiger partial charge in [0.1, 0.15) is 5.76 Å². The molecule has 3 nitrogen and oxygen atoms in total. The molecule has 0 bridgehead atoms. The highest BCUT2D eigenvalue weighted by Gasteiger charge is 2.20. The van der Waals surface area contributed by atoms with E-state index in [0.29, 0.717) is 6.04 Å². The number of rotatable bonds is 3. The Bertz CT molecular complexity index is 277. The second kappa shape index (κ2) is 4.71. The van der Waals surface area contributed by atoms with E-state index in [-0.39, 0.29) is 0 Å². The molecule has 2 aliphatic heterocycles. The van der Waals surface area contributed by atoms with Crippen LogP contribution in [0.4, 0.5) is 0 Å². The zero-order chi connectivity index (χ0) is 10.7. The van der Waals surface area contributed by atoms with Crippen molar-refractivity contribution in [1.82, 2.24) is 10.6 Å². The minimum Gasteiger partial charge on any atom is -0.495 e. The van der Waals surface area contributed by atoms with Crippen LogP contribution in [0.15, 0.2) is 23.6 Å². The maximum atomic E-state index is 5.37. The van der Waals surface area contributed by atoms with Gasteiger partial charge in [-0.2, -0.15) is 0 Å². The monoisotopic (exact) mass is 208 g/mol. The van der Waals surface area contributed by atoms with Crippen molar-refractivity contribution in [2.45, 2.75) is 25.8 Å². The van der Waals surface area contributed by atoms with Crippen molar-refractivity contribution >= 4 is 0 Å². The Hall–Kier alpha value is -0.960. The fraction of sp³-hybridized carbons (Fsp3) is 0.667. The summed E-state index contributed by atoms with van der Waals surface area (Å²) in [5.41, 5.74) is 1.27. The highest BCUT2D eigenvalue weighted by Crippen LogP contribution is 2.22.